The Morgan fingerprint density at radius 3 is 1.62 bits per heavy atom. The van der Waals surface area contributed by atoms with Gasteiger partial charge < -0.3 is 18.9 Å². The summed E-state index contributed by atoms with van der Waals surface area (Å²) in [7, 11) is 3.35. The highest BCUT2D eigenvalue weighted by molar-refractivity contribution is 5.49. The third-order valence-electron chi connectivity index (χ3n) is 5.42. The molecule has 0 amide bonds. The summed E-state index contributed by atoms with van der Waals surface area (Å²) < 4.78 is 23.1. The molecular weight excluding hydrogens is 364 g/mol. The fourth-order valence-electron chi connectivity index (χ4n) is 3.71. The lowest BCUT2D eigenvalue weighted by Crippen LogP contribution is -2.37. The van der Waals surface area contributed by atoms with Crippen LogP contribution < -0.4 is 9.47 Å². The Hall–Kier alpha value is -2.82. The summed E-state index contributed by atoms with van der Waals surface area (Å²) >= 11 is 0. The topological polar surface area (TPSA) is 40.2 Å². The number of benzene rings is 3. The molecule has 3 aromatic carbocycles. The maximum atomic E-state index is 6.86. The normalized spacial score (nSPS) is 16.9. The molecular formula is C25H26O4. The molecule has 0 aliphatic carbocycles. The minimum atomic E-state index is -0.787. The van der Waals surface area contributed by atoms with E-state index in [2.05, 4.69) is 43.3 Å². The zero-order chi connectivity index (χ0) is 20.3. The predicted octanol–water partition coefficient (Wildman–Crippen LogP) is 4.80. The van der Waals surface area contributed by atoms with E-state index in [9.17, 15) is 0 Å². The number of hydrogen-bond donors (Lipinski definition) is 0. The zero-order valence-corrected chi connectivity index (χ0v) is 17.0. The zero-order valence-electron chi connectivity index (χ0n) is 17.0. The molecule has 1 fully saturated rings. The van der Waals surface area contributed by atoms with Gasteiger partial charge in [-0.25, -0.2) is 0 Å². The minimum Gasteiger partial charge on any atom is -0.497 e. The number of hydrogen-bond acceptors (Lipinski definition) is 4. The minimum absolute atomic E-state index is 0.0700. The molecule has 1 saturated heterocycles. The lowest BCUT2D eigenvalue weighted by atomic mass is 9.79. The number of epoxide rings is 1. The molecule has 1 aliphatic heterocycles. The summed E-state index contributed by atoms with van der Waals surface area (Å²) in [4.78, 5) is 0. The van der Waals surface area contributed by atoms with Gasteiger partial charge in [0, 0.05) is 0 Å². The van der Waals surface area contributed by atoms with Gasteiger partial charge in [-0.2, -0.15) is 0 Å². The van der Waals surface area contributed by atoms with Crippen LogP contribution in [0.1, 0.15) is 23.6 Å². The molecule has 1 aliphatic rings. The molecule has 0 saturated carbocycles. The lowest BCUT2D eigenvalue weighted by Gasteiger charge is -2.38. The molecule has 0 aromatic heterocycles. The van der Waals surface area contributed by atoms with Crippen LogP contribution in [0.25, 0.3) is 0 Å². The van der Waals surface area contributed by atoms with Crippen molar-refractivity contribution in [3.63, 3.8) is 0 Å². The predicted molar refractivity (Wildman–Crippen MR) is 113 cm³/mol. The molecule has 1 heterocycles. The highest BCUT2D eigenvalue weighted by Gasteiger charge is 2.43. The summed E-state index contributed by atoms with van der Waals surface area (Å²) in [5, 5.41) is 0. The summed E-state index contributed by atoms with van der Waals surface area (Å²) in [6.07, 6.45) is 0.0500. The Bertz CT molecular complexity index is 868. The summed E-state index contributed by atoms with van der Waals surface area (Å²) in [6.45, 7) is 2.81. The van der Waals surface area contributed by atoms with E-state index in [1.807, 2.05) is 42.5 Å². The fraction of sp³-hybridized carbons (Fsp3) is 0.280. The molecule has 150 valence electrons. The summed E-state index contributed by atoms with van der Waals surface area (Å²) in [6, 6.07) is 26.5. The molecule has 0 bridgehead atoms. The van der Waals surface area contributed by atoms with Crippen LogP contribution in [-0.2, 0) is 15.1 Å². The smallest absolute Gasteiger partial charge is 0.144 e. The monoisotopic (exact) mass is 390 g/mol. The van der Waals surface area contributed by atoms with E-state index >= 15 is 0 Å². The summed E-state index contributed by atoms with van der Waals surface area (Å²) in [5.74, 6) is 1.62. The van der Waals surface area contributed by atoms with Crippen molar-refractivity contribution in [2.75, 3.05) is 20.8 Å². The molecule has 0 radical (unpaired) electrons. The van der Waals surface area contributed by atoms with Gasteiger partial charge in [-0.3, -0.25) is 0 Å². The van der Waals surface area contributed by atoms with Crippen molar-refractivity contribution < 1.29 is 18.9 Å². The van der Waals surface area contributed by atoms with Gasteiger partial charge in [0.1, 0.15) is 23.2 Å². The molecule has 4 nitrogen and oxygen atoms in total. The highest BCUT2D eigenvalue weighted by Crippen LogP contribution is 2.43. The molecule has 0 spiro atoms. The Kier molecular flexibility index (Phi) is 5.56. The fourth-order valence-corrected chi connectivity index (χ4v) is 3.71. The van der Waals surface area contributed by atoms with Crippen LogP contribution in [0.15, 0.2) is 78.9 Å². The first-order chi connectivity index (χ1) is 14.2. The second kappa shape index (κ2) is 8.27. The largest absolute Gasteiger partial charge is 0.497 e. The van der Waals surface area contributed by atoms with Gasteiger partial charge in [-0.05, 0) is 47.9 Å². The van der Waals surface area contributed by atoms with E-state index in [0.717, 1.165) is 34.8 Å². The quantitative estimate of drug-likeness (QED) is 0.409. The maximum absolute atomic E-state index is 6.86. The van der Waals surface area contributed by atoms with Gasteiger partial charge in [0.15, 0.2) is 0 Å². The number of ether oxygens (including phenoxy) is 4. The van der Waals surface area contributed by atoms with Gasteiger partial charge in [-0.1, -0.05) is 54.6 Å². The number of methoxy groups -OCH3 is 2. The molecule has 2 atom stereocenters. The average Bonchev–Trinajstić information content (AvgIpc) is 3.64. The van der Waals surface area contributed by atoms with E-state index in [0.29, 0.717) is 0 Å². The van der Waals surface area contributed by atoms with Gasteiger partial charge in [0.05, 0.1) is 26.9 Å². The van der Waals surface area contributed by atoms with Crippen LogP contribution >= 0.6 is 0 Å². The van der Waals surface area contributed by atoms with Crippen LogP contribution in [0.5, 0.6) is 11.5 Å². The van der Waals surface area contributed by atoms with Crippen molar-refractivity contribution >= 4 is 0 Å². The summed E-state index contributed by atoms with van der Waals surface area (Å²) in [5.41, 5.74) is 2.33. The second-order valence-electron chi connectivity index (χ2n) is 7.20. The van der Waals surface area contributed by atoms with E-state index in [1.165, 1.54) is 0 Å². The van der Waals surface area contributed by atoms with Crippen LogP contribution in [0.2, 0.25) is 0 Å². The SMILES string of the molecule is COc1ccc(C(O[C@@H](C)[C@@H]2CO2)(c2ccccc2)c2ccc(OC)cc2)cc1. The van der Waals surface area contributed by atoms with E-state index < -0.39 is 5.60 Å². The van der Waals surface area contributed by atoms with Gasteiger partial charge in [-0.15, -0.1) is 0 Å². The molecule has 29 heavy (non-hydrogen) atoms. The van der Waals surface area contributed by atoms with Crippen molar-refractivity contribution in [2.45, 2.75) is 24.7 Å². The maximum Gasteiger partial charge on any atom is 0.144 e. The third kappa shape index (κ3) is 3.86. The Balaban J connectivity index is 1.91. The standard InChI is InChI=1S/C25H26O4/c1-18(24-17-28-24)29-25(19-7-5-4-6-8-19,20-9-13-22(26-2)14-10-20)21-11-15-23(27-3)16-12-21/h4-16,18,24H,17H2,1-3H3/t18-,24-/m0/s1. The Morgan fingerprint density at radius 2 is 1.21 bits per heavy atom. The van der Waals surface area contributed by atoms with Gasteiger partial charge >= 0.3 is 0 Å². The Labute approximate surface area is 172 Å². The first kappa shape index (κ1) is 19.5. The molecule has 4 heteroatoms. The van der Waals surface area contributed by atoms with Crippen molar-refractivity contribution in [1.29, 1.82) is 0 Å². The number of rotatable bonds is 8. The highest BCUT2D eigenvalue weighted by atomic mass is 16.6. The van der Waals surface area contributed by atoms with Crippen molar-refractivity contribution in [3.05, 3.63) is 95.6 Å². The van der Waals surface area contributed by atoms with Crippen molar-refractivity contribution in [1.82, 2.24) is 0 Å². The van der Waals surface area contributed by atoms with Crippen LogP contribution in [0.3, 0.4) is 0 Å². The third-order valence-corrected chi connectivity index (χ3v) is 5.42. The molecule has 4 rings (SSSR count). The van der Waals surface area contributed by atoms with Crippen LogP contribution in [0, 0.1) is 0 Å². The average molecular weight is 390 g/mol. The molecule has 0 N–H and O–H groups in total. The Morgan fingerprint density at radius 1 is 0.759 bits per heavy atom. The molecule has 3 aromatic rings. The van der Waals surface area contributed by atoms with Gasteiger partial charge in [0.2, 0.25) is 0 Å². The van der Waals surface area contributed by atoms with E-state index in [4.69, 9.17) is 18.9 Å². The second-order valence-corrected chi connectivity index (χ2v) is 7.20. The molecule has 0 unspecified atom stereocenters. The van der Waals surface area contributed by atoms with Crippen LogP contribution in [0.4, 0.5) is 0 Å². The first-order valence-corrected chi connectivity index (χ1v) is 9.81. The van der Waals surface area contributed by atoms with Crippen molar-refractivity contribution in [2.24, 2.45) is 0 Å². The first-order valence-electron chi connectivity index (χ1n) is 9.81. The van der Waals surface area contributed by atoms with Crippen LogP contribution in [-0.4, -0.2) is 33.0 Å². The lowest BCUT2D eigenvalue weighted by molar-refractivity contribution is -0.0495. The van der Waals surface area contributed by atoms with Crippen molar-refractivity contribution in [3.8, 4) is 11.5 Å². The van der Waals surface area contributed by atoms with E-state index in [-0.39, 0.29) is 12.2 Å². The van der Waals surface area contributed by atoms with Gasteiger partial charge in [0.25, 0.3) is 0 Å². The van der Waals surface area contributed by atoms with E-state index in [1.54, 1.807) is 14.2 Å².